The highest BCUT2D eigenvalue weighted by molar-refractivity contribution is 6.10. The number of hydrogen-bond donors (Lipinski definition) is 0. The number of rotatable bonds is 7. The van der Waals surface area contributed by atoms with Crippen LogP contribution in [0.1, 0.15) is 92.0 Å². The first-order valence-electron chi connectivity index (χ1n) is 16.8. The predicted octanol–water partition coefficient (Wildman–Crippen LogP) is 12.6. The van der Waals surface area contributed by atoms with Crippen LogP contribution < -0.4 is 0 Å². The highest BCUT2D eigenvalue weighted by atomic mass is 14.2. The standard InChI is InChI=1S/C46H48/c1-32-16-18-34(19-17-32)30-36(35-23-27-38(28-24-35)46(5,6)7)31-44-41-14-10-8-12-39(41)43(40-13-9-11-15-42(40)44)29-22-33-20-25-37(26-21-33)45(2,3)4/h8-29,36H,30-31H2,1-7H3. The van der Waals surface area contributed by atoms with E-state index >= 15 is 0 Å². The van der Waals surface area contributed by atoms with E-state index in [1.54, 1.807) is 0 Å². The van der Waals surface area contributed by atoms with E-state index in [1.807, 2.05) is 0 Å². The van der Waals surface area contributed by atoms with E-state index in [2.05, 4.69) is 182 Å². The van der Waals surface area contributed by atoms with Crippen LogP contribution in [-0.4, -0.2) is 0 Å². The molecule has 0 aliphatic heterocycles. The van der Waals surface area contributed by atoms with Crippen molar-refractivity contribution in [2.24, 2.45) is 0 Å². The van der Waals surface area contributed by atoms with Gasteiger partial charge in [-0.25, -0.2) is 0 Å². The average Bonchev–Trinajstić information content (AvgIpc) is 3.04. The van der Waals surface area contributed by atoms with Crippen LogP contribution in [0.5, 0.6) is 0 Å². The third-order valence-electron chi connectivity index (χ3n) is 9.61. The van der Waals surface area contributed by atoms with Crippen LogP contribution in [0.25, 0.3) is 33.7 Å². The van der Waals surface area contributed by atoms with Crippen LogP contribution in [0.15, 0.2) is 121 Å². The largest absolute Gasteiger partial charge is 0.0616 e. The summed E-state index contributed by atoms with van der Waals surface area (Å²) in [4.78, 5) is 0. The molecule has 0 aliphatic rings. The normalized spacial score (nSPS) is 13.1. The highest BCUT2D eigenvalue weighted by Crippen LogP contribution is 2.38. The molecule has 0 aliphatic carbocycles. The molecule has 0 spiro atoms. The van der Waals surface area contributed by atoms with E-state index in [9.17, 15) is 0 Å². The molecule has 0 saturated carbocycles. The Kier molecular flexibility index (Phi) is 8.75. The second-order valence-electron chi connectivity index (χ2n) is 15.2. The predicted molar refractivity (Wildman–Crippen MR) is 202 cm³/mol. The lowest BCUT2D eigenvalue weighted by molar-refractivity contribution is 0.589. The molecule has 1 atom stereocenters. The Hall–Kier alpha value is -4.42. The maximum absolute atomic E-state index is 2.38. The molecule has 46 heavy (non-hydrogen) atoms. The molecule has 0 saturated heterocycles. The van der Waals surface area contributed by atoms with Crippen molar-refractivity contribution < 1.29 is 0 Å². The van der Waals surface area contributed by atoms with Gasteiger partial charge in [-0.1, -0.05) is 181 Å². The third kappa shape index (κ3) is 6.87. The minimum Gasteiger partial charge on any atom is -0.0616 e. The molecule has 232 valence electrons. The number of aryl methyl sites for hydroxylation is 1. The maximum atomic E-state index is 2.38. The van der Waals surface area contributed by atoms with Gasteiger partial charge in [0.1, 0.15) is 0 Å². The summed E-state index contributed by atoms with van der Waals surface area (Å²) in [6, 6.07) is 45.6. The molecule has 0 heterocycles. The molecular formula is C46H48. The molecule has 0 amide bonds. The van der Waals surface area contributed by atoms with E-state index in [0.717, 1.165) is 12.8 Å². The Bertz CT molecular complexity index is 1910. The lowest BCUT2D eigenvalue weighted by atomic mass is 9.80. The number of fused-ring (bicyclic) bond motifs is 2. The smallest absolute Gasteiger partial charge is 0.00806 e. The topological polar surface area (TPSA) is 0 Å². The Morgan fingerprint density at radius 3 is 1.48 bits per heavy atom. The van der Waals surface area contributed by atoms with Crippen LogP contribution in [0.3, 0.4) is 0 Å². The van der Waals surface area contributed by atoms with Crippen molar-refractivity contribution in [1.82, 2.24) is 0 Å². The summed E-state index contributed by atoms with van der Waals surface area (Å²) in [5, 5.41) is 5.33. The molecule has 0 bridgehead atoms. The first kappa shape index (κ1) is 31.6. The van der Waals surface area contributed by atoms with Gasteiger partial charge in [0.15, 0.2) is 0 Å². The van der Waals surface area contributed by atoms with Gasteiger partial charge in [-0.3, -0.25) is 0 Å². The lowest BCUT2D eigenvalue weighted by Crippen LogP contribution is -2.12. The van der Waals surface area contributed by atoms with Gasteiger partial charge in [0, 0.05) is 0 Å². The summed E-state index contributed by atoms with van der Waals surface area (Å²) in [5.41, 5.74) is 11.1. The van der Waals surface area contributed by atoms with Crippen molar-refractivity contribution in [3.05, 3.63) is 166 Å². The molecule has 1 unspecified atom stereocenters. The SMILES string of the molecule is Cc1ccc(CC(Cc2c3ccccc3c(C=Cc3ccc(C(C)(C)C)cc3)c3ccccc23)c2ccc(C(C)(C)C)cc2)cc1. The summed E-state index contributed by atoms with van der Waals surface area (Å²) in [6.07, 6.45) is 6.58. The first-order chi connectivity index (χ1) is 22.0. The molecular weight excluding hydrogens is 553 g/mol. The molecule has 6 aromatic rings. The van der Waals surface area contributed by atoms with Gasteiger partial charge in [0.2, 0.25) is 0 Å². The van der Waals surface area contributed by atoms with Crippen LogP contribution in [0.2, 0.25) is 0 Å². The van der Waals surface area contributed by atoms with Crippen molar-refractivity contribution in [3.8, 4) is 0 Å². The van der Waals surface area contributed by atoms with Gasteiger partial charge in [-0.05, 0) is 97.0 Å². The van der Waals surface area contributed by atoms with Gasteiger partial charge >= 0.3 is 0 Å². The van der Waals surface area contributed by atoms with E-state index < -0.39 is 0 Å². The molecule has 0 radical (unpaired) electrons. The first-order valence-corrected chi connectivity index (χ1v) is 16.8. The fourth-order valence-electron chi connectivity index (χ4n) is 6.74. The third-order valence-corrected chi connectivity index (χ3v) is 9.61. The molecule has 6 aromatic carbocycles. The number of benzene rings is 6. The fraction of sp³-hybridized carbons (Fsp3) is 0.261. The van der Waals surface area contributed by atoms with Gasteiger partial charge in [0.05, 0.1) is 0 Å². The minimum atomic E-state index is 0.134. The van der Waals surface area contributed by atoms with Crippen LogP contribution in [0.4, 0.5) is 0 Å². The molecule has 0 nitrogen and oxygen atoms in total. The second kappa shape index (κ2) is 12.8. The average molecular weight is 601 g/mol. The summed E-state index contributed by atoms with van der Waals surface area (Å²) in [5.74, 6) is 0.353. The van der Waals surface area contributed by atoms with E-state index in [-0.39, 0.29) is 10.8 Å². The van der Waals surface area contributed by atoms with Gasteiger partial charge in [0.25, 0.3) is 0 Å². The Balaban J connectivity index is 1.45. The Morgan fingerprint density at radius 1 is 0.500 bits per heavy atom. The van der Waals surface area contributed by atoms with Crippen molar-refractivity contribution in [2.45, 2.75) is 78.1 Å². The monoisotopic (exact) mass is 600 g/mol. The zero-order valence-electron chi connectivity index (χ0n) is 28.7. The quantitative estimate of drug-likeness (QED) is 0.126. The molecule has 6 rings (SSSR count). The summed E-state index contributed by atoms with van der Waals surface area (Å²) in [6.45, 7) is 15.8. The van der Waals surface area contributed by atoms with Crippen molar-refractivity contribution in [3.63, 3.8) is 0 Å². The van der Waals surface area contributed by atoms with Crippen LogP contribution in [0, 0.1) is 6.92 Å². The maximum Gasteiger partial charge on any atom is -0.00806 e. The summed E-state index contributed by atoms with van der Waals surface area (Å²) >= 11 is 0. The summed E-state index contributed by atoms with van der Waals surface area (Å²) < 4.78 is 0. The lowest BCUT2D eigenvalue weighted by Gasteiger charge is -2.24. The fourth-order valence-corrected chi connectivity index (χ4v) is 6.74. The molecule has 0 heteroatoms. The van der Waals surface area contributed by atoms with E-state index in [4.69, 9.17) is 0 Å². The highest BCUT2D eigenvalue weighted by Gasteiger charge is 2.21. The van der Waals surface area contributed by atoms with Crippen molar-refractivity contribution in [1.29, 1.82) is 0 Å². The van der Waals surface area contributed by atoms with Gasteiger partial charge in [-0.15, -0.1) is 0 Å². The number of hydrogen-bond acceptors (Lipinski definition) is 0. The Labute approximate surface area is 276 Å². The zero-order valence-corrected chi connectivity index (χ0v) is 28.7. The zero-order chi connectivity index (χ0) is 32.5. The Morgan fingerprint density at radius 2 is 0.978 bits per heavy atom. The van der Waals surface area contributed by atoms with Crippen LogP contribution >= 0.6 is 0 Å². The van der Waals surface area contributed by atoms with Crippen LogP contribution in [-0.2, 0) is 23.7 Å². The van der Waals surface area contributed by atoms with Gasteiger partial charge < -0.3 is 0 Å². The van der Waals surface area contributed by atoms with Gasteiger partial charge in [-0.2, -0.15) is 0 Å². The van der Waals surface area contributed by atoms with Crippen molar-refractivity contribution >= 4 is 33.7 Å². The van der Waals surface area contributed by atoms with E-state index in [0.29, 0.717) is 5.92 Å². The molecule has 0 N–H and O–H groups in total. The second-order valence-corrected chi connectivity index (χ2v) is 15.2. The van der Waals surface area contributed by atoms with Crippen molar-refractivity contribution in [2.75, 3.05) is 0 Å². The molecule has 0 aromatic heterocycles. The summed E-state index contributed by atoms with van der Waals surface area (Å²) in [7, 11) is 0. The molecule has 0 fully saturated rings. The van der Waals surface area contributed by atoms with E-state index in [1.165, 1.54) is 66.1 Å². The minimum absolute atomic E-state index is 0.134.